The Morgan fingerprint density at radius 2 is 1.88 bits per heavy atom. The standard InChI is InChI=1S/C26H20N4O3S/c1-27-23-22(19-11-7-13-21(15-19)33-2)29-26(30-25(23)32)34-16-17-8-6-12-20(14-17)28-24(31)18-9-4-3-5-10-18/h3-15H,16H2,2H3,(H,28,31)(H,29,30,32). The first-order valence-electron chi connectivity index (χ1n) is 10.3. The van der Waals surface area contributed by atoms with E-state index in [-0.39, 0.29) is 11.6 Å². The molecule has 3 aromatic carbocycles. The number of nitrogens with zero attached hydrogens (tertiary/aromatic N) is 2. The predicted molar refractivity (Wildman–Crippen MR) is 134 cm³/mol. The predicted octanol–water partition coefficient (Wildman–Crippen LogP) is 5.54. The van der Waals surface area contributed by atoms with Crippen molar-refractivity contribution in [3.63, 3.8) is 0 Å². The Morgan fingerprint density at radius 3 is 2.65 bits per heavy atom. The topological polar surface area (TPSA) is 88.4 Å². The van der Waals surface area contributed by atoms with Crippen LogP contribution in [0.5, 0.6) is 5.75 Å². The lowest BCUT2D eigenvalue weighted by Crippen LogP contribution is -2.11. The molecule has 4 rings (SSSR count). The van der Waals surface area contributed by atoms with Crippen LogP contribution in [0.2, 0.25) is 0 Å². The average Bonchev–Trinajstić information content (AvgIpc) is 2.88. The van der Waals surface area contributed by atoms with E-state index in [1.165, 1.54) is 11.8 Å². The molecule has 1 aromatic heterocycles. The Morgan fingerprint density at radius 1 is 1.09 bits per heavy atom. The van der Waals surface area contributed by atoms with Gasteiger partial charge in [-0.1, -0.05) is 54.2 Å². The lowest BCUT2D eigenvalue weighted by molar-refractivity contribution is 0.102. The molecule has 0 unspecified atom stereocenters. The third kappa shape index (κ3) is 5.34. The summed E-state index contributed by atoms with van der Waals surface area (Å²) < 4.78 is 5.26. The van der Waals surface area contributed by atoms with Gasteiger partial charge in [-0.15, -0.1) is 0 Å². The van der Waals surface area contributed by atoms with Gasteiger partial charge in [-0.3, -0.25) is 9.59 Å². The summed E-state index contributed by atoms with van der Waals surface area (Å²) in [6, 6.07) is 23.6. The number of carbonyl (C=O) groups is 1. The van der Waals surface area contributed by atoms with Gasteiger partial charge in [0.2, 0.25) is 0 Å². The Bertz CT molecular complexity index is 1430. The number of amides is 1. The molecule has 0 aliphatic heterocycles. The summed E-state index contributed by atoms with van der Waals surface area (Å²) in [7, 11) is 1.55. The molecule has 2 N–H and O–H groups in total. The highest BCUT2D eigenvalue weighted by molar-refractivity contribution is 7.98. The van der Waals surface area contributed by atoms with Crippen LogP contribution in [0, 0.1) is 6.57 Å². The molecule has 8 heteroatoms. The summed E-state index contributed by atoms with van der Waals surface area (Å²) in [5, 5.41) is 3.29. The van der Waals surface area contributed by atoms with Crippen molar-refractivity contribution in [1.29, 1.82) is 0 Å². The van der Waals surface area contributed by atoms with E-state index in [0.717, 1.165) is 5.56 Å². The molecule has 7 nitrogen and oxygen atoms in total. The van der Waals surface area contributed by atoms with Gasteiger partial charge in [0.25, 0.3) is 17.2 Å². The smallest absolute Gasteiger partial charge is 0.276 e. The van der Waals surface area contributed by atoms with Crippen molar-refractivity contribution in [2.45, 2.75) is 10.9 Å². The van der Waals surface area contributed by atoms with Crippen molar-refractivity contribution in [2.75, 3.05) is 12.4 Å². The van der Waals surface area contributed by atoms with Crippen LogP contribution in [-0.2, 0) is 5.75 Å². The van der Waals surface area contributed by atoms with E-state index < -0.39 is 5.56 Å². The van der Waals surface area contributed by atoms with Crippen LogP contribution < -0.4 is 15.6 Å². The number of aromatic amines is 1. The van der Waals surface area contributed by atoms with E-state index in [1.54, 1.807) is 43.5 Å². The molecule has 0 spiro atoms. The lowest BCUT2D eigenvalue weighted by Gasteiger charge is -2.09. The highest BCUT2D eigenvalue weighted by Gasteiger charge is 2.15. The van der Waals surface area contributed by atoms with Crippen LogP contribution in [0.1, 0.15) is 15.9 Å². The van der Waals surface area contributed by atoms with Crippen LogP contribution in [0.4, 0.5) is 11.4 Å². The van der Waals surface area contributed by atoms with E-state index in [0.29, 0.717) is 39.2 Å². The average molecular weight is 469 g/mol. The van der Waals surface area contributed by atoms with Gasteiger partial charge in [-0.05, 0) is 47.5 Å². The second-order valence-electron chi connectivity index (χ2n) is 7.22. The molecular formula is C26H20N4O3S. The van der Waals surface area contributed by atoms with E-state index in [1.807, 2.05) is 42.5 Å². The molecule has 34 heavy (non-hydrogen) atoms. The van der Waals surface area contributed by atoms with E-state index in [2.05, 4.69) is 20.1 Å². The fraction of sp³-hybridized carbons (Fsp3) is 0.0769. The number of hydrogen-bond acceptors (Lipinski definition) is 5. The van der Waals surface area contributed by atoms with Crippen molar-refractivity contribution in [2.24, 2.45) is 0 Å². The molecule has 0 aliphatic carbocycles. The van der Waals surface area contributed by atoms with Gasteiger partial charge < -0.3 is 15.0 Å². The number of rotatable bonds is 7. The zero-order valence-electron chi connectivity index (χ0n) is 18.2. The number of nitrogens with one attached hydrogen (secondary N) is 2. The second-order valence-corrected chi connectivity index (χ2v) is 8.19. The molecular weight excluding hydrogens is 448 g/mol. The minimum Gasteiger partial charge on any atom is -0.497 e. The largest absolute Gasteiger partial charge is 0.497 e. The fourth-order valence-corrected chi connectivity index (χ4v) is 4.08. The second kappa shape index (κ2) is 10.5. The number of aromatic nitrogens is 2. The number of benzene rings is 3. The van der Waals surface area contributed by atoms with Crippen molar-refractivity contribution in [1.82, 2.24) is 9.97 Å². The van der Waals surface area contributed by atoms with Crippen LogP contribution in [0.3, 0.4) is 0 Å². The zero-order chi connectivity index (χ0) is 23.9. The third-order valence-corrected chi connectivity index (χ3v) is 5.87. The summed E-state index contributed by atoms with van der Waals surface area (Å²) in [6.07, 6.45) is 0. The van der Waals surface area contributed by atoms with Gasteiger partial charge in [0.1, 0.15) is 5.75 Å². The molecule has 0 saturated carbocycles. The molecule has 0 saturated heterocycles. The van der Waals surface area contributed by atoms with Crippen molar-refractivity contribution in [3.05, 3.63) is 112 Å². The molecule has 0 fully saturated rings. The number of H-pyrrole nitrogens is 1. The highest BCUT2D eigenvalue weighted by atomic mass is 32.2. The Labute approximate surface area is 200 Å². The van der Waals surface area contributed by atoms with Crippen molar-refractivity contribution >= 4 is 29.0 Å². The van der Waals surface area contributed by atoms with Crippen molar-refractivity contribution < 1.29 is 9.53 Å². The molecule has 168 valence electrons. The van der Waals surface area contributed by atoms with Crippen molar-refractivity contribution in [3.8, 4) is 17.0 Å². The molecule has 0 atom stereocenters. The van der Waals surface area contributed by atoms with Crippen LogP contribution in [0.15, 0.2) is 88.8 Å². The molecule has 0 aliphatic rings. The van der Waals surface area contributed by atoms with Crippen LogP contribution >= 0.6 is 11.8 Å². The van der Waals surface area contributed by atoms with Crippen LogP contribution in [0.25, 0.3) is 16.1 Å². The normalized spacial score (nSPS) is 10.4. The first-order chi connectivity index (χ1) is 16.6. The maximum atomic E-state index is 12.5. The summed E-state index contributed by atoms with van der Waals surface area (Å²) in [4.78, 5) is 35.6. The molecule has 1 amide bonds. The summed E-state index contributed by atoms with van der Waals surface area (Å²) in [5.41, 5.74) is 2.57. The Balaban J connectivity index is 1.53. The van der Waals surface area contributed by atoms with Gasteiger partial charge in [0.05, 0.1) is 19.4 Å². The highest BCUT2D eigenvalue weighted by Crippen LogP contribution is 2.30. The number of carbonyl (C=O) groups excluding carboxylic acids is 1. The molecule has 0 bridgehead atoms. The van der Waals surface area contributed by atoms with Gasteiger partial charge in [-0.25, -0.2) is 9.83 Å². The van der Waals surface area contributed by atoms with E-state index in [4.69, 9.17) is 11.3 Å². The number of anilines is 1. The zero-order valence-corrected chi connectivity index (χ0v) is 19.1. The van der Waals surface area contributed by atoms with E-state index >= 15 is 0 Å². The van der Waals surface area contributed by atoms with Gasteiger partial charge in [0, 0.05) is 17.0 Å². The van der Waals surface area contributed by atoms with Crippen LogP contribution in [-0.4, -0.2) is 23.0 Å². The Kier molecular flexibility index (Phi) is 7.06. The molecule has 4 aromatic rings. The molecule has 0 radical (unpaired) electrons. The SMILES string of the molecule is [C-]#[N+]c1c(-c2cccc(OC)c2)nc(SCc2cccc(NC(=O)c3ccccc3)c2)[nH]c1=O. The fourth-order valence-electron chi connectivity index (χ4n) is 3.27. The number of thioether (sulfide) groups is 1. The maximum absolute atomic E-state index is 12.5. The number of ether oxygens (including phenoxy) is 1. The summed E-state index contributed by atoms with van der Waals surface area (Å²) in [6.45, 7) is 7.41. The minimum atomic E-state index is -0.491. The summed E-state index contributed by atoms with van der Waals surface area (Å²) >= 11 is 1.34. The van der Waals surface area contributed by atoms with Gasteiger partial charge in [-0.2, -0.15) is 0 Å². The minimum absolute atomic E-state index is 0.0665. The monoisotopic (exact) mass is 468 g/mol. The first kappa shape index (κ1) is 22.8. The summed E-state index contributed by atoms with van der Waals surface area (Å²) in [5.74, 6) is 0.931. The number of hydrogen-bond donors (Lipinski definition) is 2. The number of methoxy groups -OCH3 is 1. The molecule has 1 heterocycles. The first-order valence-corrected chi connectivity index (χ1v) is 11.3. The quantitative estimate of drug-likeness (QED) is 0.211. The maximum Gasteiger partial charge on any atom is 0.276 e. The Hall–Kier alpha value is -4.35. The lowest BCUT2D eigenvalue weighted by atomic mass is 10.1. The van der Waals surface area contributed by atoms with Gasteiger partial charge in [0.15, 0.2) is 5.16 Å². The van der Waals surface area contributed by atoms with Gasteiger partial charge >= 0.3 is 0 Å². The van der Waals surface area contributed by atoms with E-state index in [9.17, 15) is 9.59 Å². The third-order valence-electron chi connectivity index (χ3n) is 4.92.